The highest BCUT2D eigenvalue weighted by Gasteiger charge is 2.41. The van der Waals surface area contributed by atoms with E-state index < -0.39 is 11.3 Å². The van der Waals surface area contributed by atoms with Gasteiger partial charge in [-0.15, -0.1) is 0 Å². The van der Waals surface area contributed by atoms with Crippen LogP contribution in [0.25, 0.3) is 17.2 Å². The molecule has 5 rings (SSSR count). The highest BCUT2D eigenvalue weighted by atomic mass is 35.5. The number of morpholine rings is 1. The molecule has 1 saturated heterocycles. The van der Waals surface area contributed by atoms with Crippen molar-refractivity contribution in [3.63, 3.8) is 0 Å². The summed E-state index contributed by atoms with van der Waals surface area (Å²) in [7, 11) is 13.0. The summed E-state index contributed by atoms with van der Waals surface area (Å²) in [6.07, 6.45) is 3.81. The van der Waals surface area contributed by atoms with Crippen LogP contribution in [-0.4, -0.2) is 76.3 Å². The number of hydrogen-bond donors (Lipinski definition) is 2. The minimum Gasteiger partial charge on any atom is -0.487 e. The molecule has 1 unspecified atom stereocenters. The third-order valence-corrected chi connectivity index (χ3v) is 7.05. The van der Waals surface area contributed by atoms with Gasteiger partial charge in [-0.05, 0) is 69.9 Å². The lowest BCUT2D eigenvalue weighted by Gasteiger charge is -2.27. The number of nitrogens with two attached hydrogens (primary N) is 1. The fraction of sp³-hybridized carbons (Fsp3) is 0.250. The van der Waals surface area contributed by atoms with Crippen molar-refractivity contribution in [3.8, 4) is 16.9 Å². The maximum absolute atomic E-state index is 12.8. The number of pyridine rings is 1. The van der Waals surface area contributed by atoms with Gasteiger partial charge in [0.05, 0.1) is 40.5 Å². The maximum Gasteiger partial charge on any atom is 0.254 e. The SMILES string of the molecule is [B]C1([B])c2cc(-c3ccc(C(=O)N4CCOCC4)cc3)cc(Cl)c2OC1CNC(=O)/C=C/c1ccc(N)nc1. The maximum atomic E-state index is 12.8. The second-order valence-electron chi connectivity index (χ2n) is 9.45. The van der Waals surface area contributed by atoms with E-state index in [-0.39, 0.29) is 18.4 Å². The molecule has 3 N–H and O–H groups in total. The van der Waals surface area contributed by atoms with Crippen molar-refractivity contribution in [1.82, 2.24) is 15.2 Å². The van der Waals surface area contributed by atoms with Gasteiger partial charge in [0.2, 0.25) is 5.91 Å². The molecule has 2 aliphatic rings. The predicted molar refractivity (Wildman–Crippen MR) is 152 cm³/mol. The second kappa shape index (κ2) is 11.2. The van der Waals surface area contributed by atoms with Gasteiger partial charge in [0.25, 0.3) is 5.91 Å². The number of nitrogens with zero attached hydrogens (tertiary/aromatic N) is 2. The van der Waals surface area contributed by atoms with Crippen molar-refractivity contribution in [1.29, 1.82) is 0 Å². The van der Waals surface area contributed by atoms with E-state index in [0.29, 0.717) is 54.0 Å². The molecule has 4 radical (unpaired) electrons. The molecule has 0 aliphatic carbocycles. The molecule has 1 aromatic heterocycles. The molecule has 3 heterocycles. The number of anilines is 1. The molecule has 0 saturated carbocycles. The molecule has 3 aromatic rings. The quantitative estimate of drug-likeness (QED) is 0.369. The third-order valence-electron chi connectivity index (χ3n) is 6.76. The van der Waals surface area contributed by atoms with E-state index in [2.05, 4.69) is 10.3 Å². The first-order valence-electron chi connectivity index (χ1n) is 12.5. The first-order valence-corrected chi connectivity index (χ1v) is 12.8. The van der Waals surface area contributed by atoms with Crippen molar-refractivity contribution in [2.75, 3.05) is 38.6 Å². The largest absolute Gasteiger partial charge is 0.487 e. The fourth-order valence-electron chi connectivity index (χ4n) is 4.52. The van der Waals surface area contributed by atoms with Crippen molar-refractivity contribution in [2.45, 2.75) is 11.3 Å². The van der Waals surface area contributed by atoms with Gasteiger partial charge in [-0.2, -0.15) is 0 Å². The molecule has 0 bridgehead atoms. The molecule has 0 spiro atoms. The number of nitrogen functional groups attached to an aromatic ring is 1. The zero-order chi connectivity index (χ0) is 27.6. The minimum absolute atomic E-state index is 0.0296. The van der Waals surface area contributed by atoms with Crippen molar-refractivity contribution in [2.24, 2.45) is 0 Å². The van der Waals surface area contributed by atoms with Gasteiger partial charge in [0, 0.05) is 30.9 Å². The van der Waals surface area contributed by atoms with Crippen LogP contribution in [0.4, 0.5) is 5.82 Å². The van der Waals surface area contributed by atoms with Gasteiger partial charge >= 0.3 is 0 Å². The molecule has 39 heavy (non-hydrogen) atoms. The molecular formula is C28H25B2ClN4O4. The molecule has 2 aromatic carbocycles. The van der Waals surface area contributed by atoms with E-state index in [0.717, 1.165) is 16.7 Å². The van der Waals surface area contributed by atoms with Gasteiger partial charge in [-0.3, -0.25) is 9.59 Å². The van der Waals surface area contributed by atoms with E-state index in [4.69, 9.17) is 42.5 Å². The fourth-order valence-corrected chi connectivity index (χ4v) is 4.78. The summed E-state index contributed by atoms with van der Waals surface area (Å²) < 4.78 is 11.3. The molecule has 8 nitrogen and oxygen atoms in total. The number of fused-ring (bicyclic) bond motifs is 1. The summed E-state index contributed by atoms with van der Waals surface area (Å²) in [5.74, 6) is 0.403. The Hall–Kier alpha value is -3.75. The Bertz CT molecular complexity index is 1410. The Morgan fingerprint density at radius 2 is 1.87 bits per heavy atom. The summed E-state index contributed by atoms with van der Waals surface area (Å²) in [6, 6.07) is 14.3. The number of amides is 2. The number of hydrogen-bond acceptors (Lipinski definition) is 6. The average Bonchev–Trinajstić information content (AvgIpc) is 3.21. The zero-order valence-electron chi connectivity index (χ0n) is 21.1. The van der Waals surface area contributed by atoms with Crippen LogP contribution in [0, 0.1) is 0 Å². The first kappa shape index (κ1) is 26.8. The number of rotatable bonds is 6. The van der Waals surface area contributed by atoms with Crippen LogP contribution in [0.5, 0.6) is 5.75 Å². The van der Waals surface area contributed by atoms with E-state index >= 15 is 0 Å². The lowest BCUT2D eigenvalue weighted by atomic mass is 9.49. The van der Waals surface area contributed by atoms with E-state index in [1.807, 2.05) is 18.2 Å². The van der Waals surface area contributed by atoms with Gasteiger partial charge < -0.3 is 25.4 Å². The van der Waals surface area contributed by atoms with Gasteiger partial charge in [0.1, 0.15) is 17.7 Å². The summed E-state index contributed by atoms with van der Waals surface area (Å²) in [5, 5.41) is 1.71. The first-order chi connectivity index (χ1) is 18.7. The molecule has 194 valence electrons. The Kier molecular flexibility index (Phi) is 7.68. The highest BCUT2D eigenvalue weighted by molar-refractivity contribution is 6.42. The number of aromatic nitrogens is 1. The lowest BCUT2D eigenvalue weighted by Crippen LogP contribution is -2.46. The zero-order valence-corrected chi connectivity index (χ0v) is 21.9. The molecule has 11 heteroatoms. The molecule has 1 fully saturated rings. The van der Waals surface area contributed by atoms with Crippen molar-refractivity contribution >= 4 is 51.0 Å². The van der Waals surface area contributed by atoms with Crippen LogP contribution < -0.4 is 15.8 Å². The Morgan fingerprint density at radius 3 is 2.56 bits per heavy atom. The van der Waals surface area contributed by atoms with E-state index in [9.17, 15) is 9.59 Å². The summed E-state index contributed by atoms with van der Waals surface area (Å²) in [4.78, 5) is 30.9. The Morgan fingerprint density at radius 1 is 1.13 bits per heavy atom. The Labute approximate surface area is 234 Å². The molecule has 1 atom stereocenters. The van der Waals surface area contributed by atoms with Crippen LogP contribution in [0.1, 0.15) is 21.5 Å². The van der Waals surface area contributed by atoms with Gasteiger partial charge in [0.15, 0.2) is 0 Å². The monoisotopic (exact) mass is 538 g/mol. The lowest BCUT2D eigenvalue weighted by molar-refractivity contribution is -0.116. The van der Waals surface area contributed by atoms with Gasteiger partial charge in [-0.25, -0.2) is 4.98 Å². The standard InChI is InChI=1S/C28H25B2ClN4O4/c29-28(30)21-13-20(18-3-5-19(6-4-18)27(37)35-9-11-38-12-10-35)14-22(31)26(21)39-23(28)16-34-25(36)8-2-17-1-7-24(32)33-15-17/h1-8,13-15,23H,9-12,16H2,(H2,32,33)(H,34,36)/b8-2+. The normalized spacial score (nSPS) is 18.0. The van der Waals surface area contributed by atoms with Crippen molar-refractivity contribution < 1.29 is 19.1 Å². The molecule has 2 aliphatic heterocycles. The number of benzene rings is 2. The predicted octanol–water partition coefficient (Wildman–Crippen LogP) is 2.54. The summed E-state index contributed by atoms with van der Waals surface area (Å²) >= 11 is 6.57. The van der Waals surface area contributed by atoms with Crippen LogP contribution in [0.15, 0.2) is 60.8 Å². The highest BCUT2D eigenvalue weighted by Crippen LogP contribution is 2.45. The minimum atomic E-state index is -1.40. The summed E-state index contributed by atoms with van der Waals surface area (Å²) in [5.41, 5.74) is 9.05. The van der Waals surface area contributed by atoms with Crippen LogP contribution in [0.2, 0.25) is 5.02 Å². The van der Waals surface area contributed by atoms with Gasteiger partial charge in [-0.1, -0.05) is 23.7 Å². The number of ether oxygens (including phenoxy) is 2. The number of nitrogens with one attached hydrogen (secondary N) is 1. The topological polar surface area (TPSA) is 107 Å². The van der Waals surface area contributed by atoms with Crippen molar-refractivity contribution in [3.05, 3.63) is 82.5 Å². The number of carbonyl (C=O) groups is 2. The Balaban J connectivity index is 1.27. The van der Waals surface area contributed by atoms with Crippen LogP contribution in [0.3, 0.4) is 0 Å². The molecule has 2 amide bonds. The van der Waals surface area contributed by atoms with Crippen LogP contribution >= 0.6 is 11.6 Å². The third kappa shape index (κ3) is 5.82. The second-order valence-corrected chi connectivity index (χ2v) is 9.86. The average molecular weight is 539 g/mol. The van der Waals surface area contributed by atoms with Crippen LogP contribution in [-0.2, 0) is 14.7 Å². The van der Waals surface area contributed by atoms with E-state index in [1.54, 1.807) is 47.5 Å². The van der Waals surface area contributed by atoms with E-state index in [1.165, 1.54) is 6.08 Å². The summed E-state index contributed by atoms with van der Waals surface area (Å²) in [6.45, 7) is 2.31. The number of halogens is 1. The molecular weight excluding hydrogens is 513 g/mol. The smallest absolute Gasteiger partial charge is 0.254 e. The number of carbonyl (C=O) groups excluding carboxylic acids is 2.